The van der Waals surface area contributed by atoms with Gasteiger partial charge in [-0.3, -0.25) is 9.59 Å². The Hall–Kier alpha value is -3.02. The molecule has 6 nitrogen and oxygen atoms in total. The molecule has 6 heteroatoms. The largest absolute Gasteiger partial charge is 0.493 e. The molecule has 1 fully saturated rings. The van der Waals surface area contributed by atoms with E-state index in [2.05, 4.69) is 5.32 Å². The minimum Gasteiger partial charge on any atom is -0.493 e. The third-order valence-corrected chi connectivity index (χ3v) is 4.91. The Morgan fingerprint density at radius 1 is 1.04 bits per heavy atom. The summed E-state index contributed by atoms with van der Waals surface area (Å²) in [5, 5.41) is 2.94. The van der Waals surface area contributed by atoms with Crippen molar-refractivity contribution < 1.29 is 19.1 Å². The lowest BCUT2D eigenvalue weighted by atomic mass is 10.1. The molecule has 0 unspecified atom stereocenters. The molecule has 0 spiro atoms. The smallest absolute Gasteiger partial charge is 0.251 e. The highest BCUT2D eigenvalue weighted by Crippen LogP contribution is 2.28. The van der Waals surface area contributed by atoms with Crippen LogP contribution in [0.4, 0.5) is 5.69 Å². The van der Waals surface area contributed by atoms with Crippen LogP contribution in [-0.4, -0.2) is 38.6 Å². The second kappa shape index (κ2) is 7.70. The van der Waals surface area contributed by atoms with Crippen molar-refractivity contribution in [3.05, 3.63) is 53.1 Å². The van der Waals surface area contributed by atoms with Crippen molar-refractivity contribution in [1.29, 1.82) is 0 Å². The van der Waals surface area contributed by atoms with Crippen LogP contribution in [0.1, 0.15) is 27.9 Å². The Morgan fingerprint density at radius 2 is 1.78 bits per heavy atom. The lowest BCUT2D eigenvalue weighted by molar-refractivity contribution is -0.117. The second-order valence-electron chi connectivity index (χ2n) is 6.72. The number of methoxy groups -OCH3 is 2. The molecule has 2 amide bonds. The maximum Gasteiger partial charge on any atom is 0.251 e. The zero-order valence-electron chi connectivity index (χ0n) is 16.0. The average Bonchev–Trinajstić information content (AvgIpc) is 3.03. The number of nitrogens with one attached hydrogen (secondary N) is 1. The van der Waals surface area contributed by atoms with Gasteiger partial charge in [0.2, 0.25) is 5.91 Å². The van der Waals surface area contributed by atoms with Gasteiger partial charge in [-0.05, 0) is 55.3 Å². The van der Waals surface area contributed by atoms with Gasteiger partial charge in [-0.2, -0.15) is 0 Å². The lowest BCUT2D eigenvalue weighted by Gasteiger charge is -2.18. The van der Waals surface area contributed by atoms with Crippen molar-refractivity contribution in [2.45, 2.75) is 26.3 Å². The highest BCUT2D eigenvalue weighted by atomic mass is 16.5. The molecule has 2 aromatic rings. The predicted octanol–water partition coefficient (Wildman–Crippen LogP) is 2.86. The molecule has 0 aromatic heterocycles. The zero-order valence-corrected chi connectivity index (χ0v) is 16.0. The molecule has 0 saturated carbocycles. The number of benzene rings is 2. The fourth-order valence-corrected chi connectivity index (χ4v) is 3.19. The van der Waals surface area contributed by atoms with Gasteiger partial charge < -0.3 is 19.7 Å². The molecule has 0 aliphatic carbocycles. The maximum absolute atomic E-state index is 12.6. The average molecular weight is 368 g/mol. The molecular formula is C21H24N2O4. The Labute approximate surface area is 159 Å². The van der Waals surface area contributed by atoms with Crippen molar-refractivity contribution in [2.75, 3.05) is 25.7 Å². The first kappa shape index (κ1) is 18.8. The number of hydrogen-bond donors (Lipinski definition) is 1. The van der Waals surface area contributed by atoms with Crippen molar-refractivity contribution in [2.24, 2.45) is 0 Å². The molecule has 0 radical (unpaired) electrons. The summed E-state index contributed by atoms with van der Waals surface area (Å²) in [6.45, 7) is 4.52. The van der Waals surface area contributed by atoms with E-state index in [9.17, 15) is 9.59 Å². The molecule has 142 valence electrons. The van der Waals surface area contributed by atoms with Gasteiger partial charge >= 0.3 is 0 Å². The summed E-state index contributed by atoms with van der Waals surface area (Å²) < 4.78 is 10.4. The van der Waals surface area contributed by atoms with Gasteiger partial charge in [-0.25, -0.2) is 0 Å². The monoisotopic (exact) mass is 368 g/mol. The standard InChI is InChI=1S/C21H24N2O4/c1-13-5-7-17(9-14(13)2)23-12-16(11-20(23)24)22-21(25)15-6-8-18(26-3)19(10-15)27-4/h5-10,16H,11-12H2,1-4H3,(H,22,25)/t16-/m0/s1. The molecule has 1 heterocycles. The van der Waals surface area contributed by atoms with E-state index in [1.54, 1.807) is 30.2 Å². The number of nitrogens with zero attached hydrogens (tertiary/aromatic N) is 1. The Morgan fingerprint density at radius 3 is 2.44 bits per heavy atom. The van der Waals surface area contributed by atoms with Gasteiger partial charge in [-0.1, -0.05) is 6.07 Å². The first-order valence-electron chi connectivity index (χ1n) is 8.83. The SMILES string of the molecule is COc1ccc(C(=O)N[C@H]2CC(=O)N(c3ccc(C)c(C)c3)C2)cc1OC. The summed E-state index contributed by atoms with van der Waals surface area (Å²) >= 11 is 0. The fourth-order valence-electron chi connectivity index (χ4n) is 3.19. The fraction of sp³-hybridized carbons (Fsp3) is 0.333. The number of amides is 2. The Kier molecular flexibility index (Phi) is 5.35. The Bertz CT molecular complexity index is 878. The summed E-state index contributed by atoms with van der Waals surface area (Å²) in [6, 6.07) is 10.7. The van der Waals surface area contributed by atoms with Crippen molar-refractivity contribution >= 4 is 17.5 Å². The minimum atomic E-state index is -0.240. The van der Waals surface area contributed by atoms with Crippen LogP contribution in [0.15, 0.2) is 36.4 Å². The van der Waals surface area contributed by atoms with E-state index >= 15 is 0 Å². The van der Waals surface area contributed by atoms with Crippen LogP contribution >= 0.6 is 0 Å². The van der Waals surface area contributed by atoms with Crippen LogP contribution in [0.25, 0.3) is 0 Å². The molecule has 1 N–H and O–H groups in total. The number of rotatable bonds is 5. The summed E-state index contributed by atoms with van der Waals surface area (Å²) in [5.41, 5.74) is 3.65. The van der Waals surface area contributed by atoms with E-state index in [4.69, 9.17) is 9.47 Å². The van der Waals surface area contributed by atoms with Gasteiger partial charge in [-0.15, -0.1) is 0 Å². The first-order chi connectivity index (χ1) is 12.9. The first-order valence-corrected chi connectivity index (χ1v) is 8.83. The van der Waals surface area contributed by atoms with Gasteiger partial charge in [0.15, 0.2) is 11.5 Å². The highest BCUT2D eigenvalue weighted by molar-refractivity contribution is 5.99. The molecule has 27 heavy (non-hydrogen) atoms. The molecule has 0 bridgehead atoms. The van der Waals surface area contributed by atoms with Gasteiger partial charge in [0, 0.05) is 24.2 Å². The van der Waals surface area contributed by atoms with E-state index in [1.165, 1.54) is 12.7 Å². The van der Waals surface area contributed by atoms with Gasteiger partial charge in [0.05, 0.1) is 20.3 Å². The van der Waals surface area contributed by atoms with Crippen molar-refractivity contribution in [1.82, 2.24) is 5.32 Å². The summed E-state index contributed by atoms with van der Waals surface area (Å²) in [7, 11) is 3.07. The van der Waals surface area contributed by atoms with E-state index < -0.39 is 0 Å². The number of carbonyl (C=O) groups is 2. The van der Waals surface area contributed by atoms with Crippen molar-refractivity contribution in [3.8, 4) is 11.5 Å². The van der Waals surface area contributed by atoms with Crippen LogP contribution < -0.4 is 19.7 Å². The molecule has 1 aliphatic heterocycles. The Balaban J connectivity index is 1.70. The zero-order chi connectivity index (χ0) is 19.6. The molecule has 3 rings (SSSR count). The summed E-state index contributed by atoms with van der Waals surface area (Å²) in [4.78, 5) is 26.7. The molecule has 1 aliphatic rings. The molecule has 1 atom stereocenters. The third kappa shape index (κ3) is 3.89. The minimum absolute atomic E-state index is 0.0101. The van der Waals surface area contributed by atoms with Gasteiger partial charge in [0.1, 0.15) is 0 Å². The van der Waals surface area contributed by atoms with E-state index in [-0.39, 0.29) is 24.3 Å². The number of anilines is 1. The normalized spacial score (nSPS) is 16.4. The van der Waals surface area contributed by atoms with E-state index in [0.29, 0.717) is 23.6 Å². The number of hydrogen-bond acceptors (Lipinski definition) is 4. The van der Waals surface area contributed by atoms with Crippen LogP contribution in [-0.2, 0) is 4.79 Å². The molecule has 1 saturated heterocycles. The molecule has 2 aromatic carbocycles. The van der Waals surface area contributed by atoms with Crippen molar-refractivity contribution in [3.63, 3.8) is 0 Å². The van der Waals surface area contributed by atoms with Crippen LogP contribution in [0.5, 0.6) is 11.5 Å². The van der Waals surface area contributed by atoms with Crippen LogP contribution in [0.3, 0.4) is 0 Å². The predicted molar refractivity (Wildman–Crippen MR) is 104 cm³/mol. The van der Waals surface area contributed by atoms with E-state index in [0.717, 1.165) is 11.3 Å². The van der Waals surface area contributed by atoms with Gasteiger partial charge in [0.25, 0.3) is 5.91 Å². The highest BCUT2D eigenvalue weighted by Gasteiger charge is 2.32. The lowest BCUT2D eigenvalue weighted by Crippen LogP contribution is -2.37. The number of ether oxygens (including phenoxy) is 2. The summed E-state index contributed by atoms with van der Waals surface area (Å²) in [6.07, 6.45) is 0.284. The summed E-state index contributed by atoms with van der Waals surface area (Å²) in [5.74, 6) is 0.821. The maximum atomic E-state index is 12.6. The molecular weight excluding hydrogens is 344 g/mol. The number of carbonyl (C=O) groups excluding carboxylic acids is 2. The quantitative estimate of drug-likeness (QED) is 0.881. The third-order valence-electron chi connectivity index (χ3n) is 4.91. The van der Waals surface area contributed by atoms with E-state index in [1.807, 2.05) is 32.0 Å². The van der Waals surface area contributed by atoms with Crippen LogP contribution in [0.2, 0.25) is 0 Å². The number of aryl methyl sites for hydroxylation is 2. The second-order valence-corrected chi connectivity index (χ2v) is 6.72. The topological polar surface area (TPSA) is 67.9 Å². The van der Waals surface area contributed by atoms with Crippen LogP contribution in [0, 0.1) is 13.8 Å².